The van der Waals surface area contributed by atoms with Crippen LogP contribution in [-0.2, 0) is 5.41 Å². The Hall–Kier alpha value is -0.480. The highest BCUT2D eigenvalue weighted by Gasteiger charge is 2.43. The molecule has 0 spiro atoms. The van der Waals surface area contributed by atoms with Crippen molar-refractivity contribution in [3.63, 3.8) is 0 Å². The van der Waals surface area contributed by atoms with Crippen molar-refractivity contribution in [2.45, 2.75) is 55.9 Å². The molecular weight excluding hydrogens is 379 g/mol. The monoisotopic (exact) mass is 405 g/mol. The molecule has 1 aromatic rings. The second kappa shape index (κ2) is 8.04. The highest BCUT2D eigenvalue weighted by molar-refractivity contribution is 6.68. The molecule has 3 nitrogen and oxygen atoms in total. The highest BCUT2D eigenvalue weighted by Crippen LogP contribution is 2.28. The van der Waals surface area contributed by atoms with E-state index in [-0.39, 0.29) is 11.3 Å². The van der Waals surface area contributed by atoms with Gasteiger partial charge in [-0.2, -0.15) is 0 Å². The highest BCUT2D eigenvalue weighted by atomic mass is 35.6. The fourth-order valence-corrected chi connectivity index (χ4v) is 3.80. The van der Waals surface area contributed by atoms with E-state index in [1.807, 2.05) is 24.3 Å². The first-order chi connectivity index (χ1) is 11.5. The molecule has 1 fully saturated rings. The molecule has 1 aliphatic heterocycles. The van der Waals surface area contributed by atoms with Crippen molar-refractivity contribution in [1.29, 1.82) is 0 Å². The number of nitrogens with one attached hydrogen (secondary N) is 2. The summed E-state index contributed by atoms with van der Waals surface area (Å²) in [5, 5.41) is 2.94. The molecule has 6 heteroatoms. The Kier molecular flexibility index (Phi) is 6.70. The van der Waals surface area contributed by atoms with E-state index in [0.29, 0.717) is 11.5 Å². The van der Waals surface area contributed by atoms with Gasteiger partial charge in [0, 0.05) is 5.56 Å². The lowest BCUT2D eigenvalue weighted by Crippen LogP contribution is -3.20. The summed E-state index contributed by atoms with van der Waals surface area (Å²) in [5.74, 6) is 0.475. The largest absolute Gasteiger partial charge is 0.312 e. The van der Waals surface area contributed by atoms with Crippen LogP contribution in [0.5, 0.6) is 0 Å². The lowest BCUT2D eigenvalue weighted by molar-refractivity contribution is -0.932. The van der Waals surface area contributed by atoms with Gasteiger partial charge in [0.15, 0.2) is 0 Å². The van der Waals surface area contributed by atoms with Crippen LogP contribution < -0.4 is 10.2 Å². The lowest BCUT2D eigenvalue weighted by atomic mass is 9.87. The maximum absolute atomic E-state index is 12.7. The number of halogens is 3. The molecule has 1 amide bonds. The van der Waals surface area contributed by atoms with Gasteiger partial charge in [-0.3, -0.25) is 10.1 Å². The fourth-order valence-electron chi connectivity index (χ4n) is 3.17. The van der Waals surface area contributed by atoms with Crippen molar-refractivity contribution in [2.75, 3.05) is 13.1 Å². The van der Waals surface area contributed by atoms with Crippen LogP contribution in [0.25, 0.3) is 0 Å². The molecule has 1 aromatic carbocycles. The number of amides is 1. The molecule has 0 aromatic heterocycles. The smallest absolute Gasteiger partial charge is 0.262 e. The molecule has 1 heterocycles. The van der Waals surface area contributed by atoms with Crippen molar-refractivity contribution in [1.82, 2.24) is 5.32 Å². The molecule has 2 N–H and O–H groups in total. The first kappa shape index (κ1) is 20.8. The number of likely N-dealkylation sites (tertiary alicyclic amines) is 1. The number of quaternary nitrogens is 1. The molecule has 0 bridgehead atoms. The minimum atomic E-state index is -1.54. The summed E-state index contributed by atoms with van der Waals surface area (Å²) in [6.45, 7) is 10.4. The zero-order valence-corrected chi connectivity index (χ0v) is 17.6. The third-order valence-electron chi connectivity index (χ3n) is 4.94. The van der Waals surface area contributed by atoms with Gasteiger partial charge in [-0.1, -0.05) is 74.6 Å². The second-order valence-corrected chi connectivity index (χ2v) is 10.5. The molecular formula is C19H28Cl3N2O+. The minimum absolute atomic E-state index is 0.0454. The van der Waals surface area contributed by atoms with E-state index in [1.54, 1.807) is 0 Å². The van der Waals surface area contributed by atoms with E-state index in [2.05, 4.69) is 33.0 Å². The lowest BCUT2D eigenvalue weighted by Gasteiger charge is -2.36. The van der Waals surface area contributed by atoms with Crippen LogP contribution in [0.2, 0.25) is 0 Å². The van der Waals surface area contributed by atoms with Crippen molar-refractivity contribution in [3.05, 3.63) is 35.4 Å². The number of hydrogen-bond donors (Lipinski definition) is 2. The van der Waals surface area contributed by atoms with Gasteiger partial charge in [0.05, 0.1) is 13.1 Å². The summed E-state index contributed by atoms with van der Waals surface area (Å²) < 4.78 is -1.54. The molecule has 140 valence electrons. The number of carbonyl (C=O) groups excluding carboxylic acids is 1. The Bertz CT molecular complexity index is 582. The van der Waals surface area contributed by atoms with Gasteiger partial charge in [0.25, 0.3) is 9.70 Å². The predicted octanol–water partition coefficient (Wildman–Crippen LogP) is 3.73. The number of rotatable bonds is 3. The topological polar surface area (TPSA) is 33.5 Å². The normalized spacial score (nSPS) is 23.2. The van der Waals surface area contributed by atoms with Crippen molar-refractivity contribution >= 4 is 40.7 Å². The number of benzene rings is 1. The second-order valence-electron chi connectivity index (χ2n) is 8.12. The molecule has 1 atom stereocenters. The van der Waals surface area contributed by atoms with E-state index in [0.717, 1.165) is 30.8 Å². The quantitative estimate of drug-likeness (QED) is 0.737. The standard InChI is InChI=1S/C19H27Cl3N2O/c1-13-9-11-24(12-10-13)17(19(20,21)22)23-16(25)14-5-7-15(8-6-14)18(2,3)4/h5-8,13,17H,9-12H2,1-4H3,(H,23,25)/p+1/t17-/m1/s1. The van der Waals surface area contributed by atoms with Crippen LogP contribution in [-0.4, -0.2) is 29.0 Å². The van der Waals surface area contributed by atoms with Gasteiger partial charge in [-0.25, -0.2) is 0 Å². The molecule has 25 heavy (non-hydrogen) atoms. The van der Waals surface area contributed by atoms with Crippen LogP contribution in [0, 0.1) is 5.92 Å². The van der Waals surface area contributed by atoms with E-state index in [1.165, 1.54) is 5.56 Å². The first-order valence-electron chi connectivity index (χ1n) is 8.81. The van der Waals surface area contributed by atoms with Crippen molar-refractivity contribution in [3.8, 4) is 0 Å². The molecule has 1 aliphatic rings. The van der Waals surface area contributed by atoms with E-state index >= 15 is 0 Å². The number of piperidine rings is 1. The van der Waals surface area contributed by atoms with Crippen LogP contribution in [0.15, 0.2) is 24.3 Å². The molecule has 0 unspecified atom stereocenters. The summed E-state index contributed by atoms with van der Waals surface area (Å²) in [6.07, 6.45) is 1.59. The molecule has 2 rings (SSSR count). The maximum atomic E-state index is 12.7. The number of hydrogen-bond acceptors (Lipinski definition) is 1. The summed E-state index contributed by atoms with van der Waals surface area (Å²) >= 11 is 18.5. The Balaban J connectivity index is 2.11. The van der Waals surface area contributed by atoms with Gasteiger partial charge in [0.2, 0.25) is 6.17 Å². The summed E-state index contributed by atoms with van der Waals surface area (Å²) in [5.41, 5.74) is 1.80. The summed E-state index contributed by atoms with van der Waals surface area (Å²) in [4.78, 5) is 13.8. The average molecular weight is 407 g/mol. The molecule has 1 saturated heterocycles. The average Bonchev–Trinajstić information content (AvgIpc) is 2.51. The third-order valence-corrected chi connectivity index (χ3v) is 5.60. The Morgan fingerprint density at radius 1 is 1.12 bits per heavy atom. The van der Waals surface area contributed by atoms with Crippen LogP contribution >= 0.6 is 34.8 Å². The van der Waals surface area contributed by atoms with Crippen LogP contribution in [0.1, 0.15) is 56.5 Å². The number of carbonyl (C=O) groups is 1. The predicted molar refractivity (Wildman–Crippen MR) is 106 cm³/mol. The Morgan fingerprint density at radius 3 is 2.08 bits per heavy atom. The van der Waals surface area contributed by atoms with Crippen molar-refractivity contribution in [2.24, 2.45) is 5.92 Å². The molecule has 0 saturated carbocycles. The van der Waals surface area contributed by atoms with Crippen LogP contribution in [0.3, 0.4) is 0 Å². The van der Waals surface area contributed by atoms with Gasteiger partial charge < -0.3 is 4.90 Å². The van der Waals surface area contributed by atoms with Crippen molar-refractivity contribution < 1.29 is 9.69 Å². The zero-order valence-electron chi connectivity index (χ0n) is 15.3. The molecule has 0 radical (unpaired) electrons. The SMILES string of the molecule is CC1CC[NH+]([C@@H](NC(=O)c2ccc(C(C)(C)C)cc2)C(Cl)(Cl)Cl)CC1. The Morgan fingerprint density at radius 2 is 1.64 bits per heavy atom. The van der Waals surface area contributed by atoms with Gasteiger partial charge in [-0.05, 0) is 41.9 Å². The van der Waals surface area contributed by atoms with E-state index in [4.69, 9.17) is 34.8 Å². The third kappa shape index (κ3) is 5.75. The van der Waals surface area contributed by atoms with Crippen LogP contribution in [0.4, 0.5) is 0 Å². The fraction of sp³-hybridized carbons (Fsp3) is 0.632. The zero-order chi connectivity index (χ0) is 18.8. The van der Waals surface area contributed by atoms with E-state index in [9.17, 15) is 4.79 Å². The first-order valence-corrected chi connectivity index (χ1v) is 9.94. The summed E-state index contributed by atoms with van der Waals surface area (Å²) in [7, 11) is 0. The Labute approximate surface area is 166 Å². The number of alkyl halides is 3. The minimum Gasteiger partial charge on any atom is -0.312 e. The van der Waals surface area contributed by atoms with E-state index < -0.39 is 9.96 Å². The molecule has 0 aliphatic carbocycles. The van der Waals surface area contributed by atoms with Gasteiger partial charge in [0.1, 0.15) is 0 Å². The maximum Gasteiger partial charge on any atom is 0.262 e. The summed E-state index contributed by atoms with van der Waals surface area (Å²) in [6, 6.07) is 7.63. The van der Waals surface area contributed by atoms with Gasteiger partial charge >= 0.3 is 0 Å². The van der Waals surface area contributed by atoms with Gasteiger partial charge in [-0.15, -0.1) is 0 Å².